The molecule has 2 nitrogen and oxygen atoms in total. The minimum absolute atomic E-state index is 0.297. The third kappa shape index (κ3) is 3.65. The zero-order chi connectivity index (χ0) is 11.3. The Bertz CT molecular complexity index is 180. The van der Waals surface area contributed by atoms with E-state index in [1.165, 1.54) is 25.7 Å². The summed E-state index contributed by atoms with van der Waals surface area (Å²) in [5.74, 6) is 0. The normalized spacial score (nSPS) is 24.0. The van der Waals surface area contributed by atoms with E-state index in [4.69, 9.17) is 4.74 Å². The largest absolute Gasteiger partial charge is 0.380 e. The quantitative estimate of drug-likeness (QED) is 0.759. The predicted molar refractivity (Wildman–Crippen MR) is 68.6 cm³/mol. The monoisotopic (exact) mass is 231 g/mol. The van der Waals surface area contributed by atoms with Crippen LogP contribution in [0.4, 0.5) is 0 Å². The first-order valence-corrected chi connectivity index (χ1v) is 7.17. The number of hydrogen-bond donors (Lipinski definition) is 1. The molecule has 1 aliphatic rings. The van der Waals surface area contributed by atoms with Crippen LogP contribution in [-0.2, 0) is 4.74 Å². The molecule has 0 aromatic heterocycles. The molecule has 15 heavy (non-hydrogen) atoms. The number of ether oxygens (including phenoxy) is 1. The fourth-order valence-electron chi connectivity index (χ4n) is 2.19. The van der Waals surface area contributed by atoms with Gasteiger partial charge in [-0.25, -0.2) is 0 Å². The second kappa shape index (κ2) is 6.12. The van der Waals surface area contributed by atoms with Gasteiger partial charge in [0, 0.05) is 24.4 Å². The van der Waals surface area contributed by atoms with Crippen molar-refractivity contribution in [2.75, 3.05) is 19.9 Å². The summed E-state index contributed by atoms with van der Waals surface area (Å²) >= 11 is 2.04. The minimum atomic E-state index is 0.297. The fourth-order valence-corrected chi connectivity index (χ4v) is 3.11. The lowest BCUT2D eigenvalue weighted by atomic mass is 10.1. The molecule has 1 saturated carbocycles. The van der Waals surface area contributed by atoms with E-state index >= 15 is 0 Å². The average molecular weight is 231 g/mol. The van der Waals surface area contributed by atoms with Crippen LogP contribution in [0.5, 0.6) is 0 Å². The van der Waals surface area contributed by atoms with Crippen LogP contribution in [0.1, 0.15) is 39.5 Å². The van der Waals surface area contributed by atoms with Gasteiger partial charge >= 0.3 is 0 Å². The summed E-state index contributed by atoms with van der Waals surface area (Å²) in [6, 6.07) is 0.444. The van der Waals surface area contributed by atoms with Crippen LogP contribution in [0.3, 0.4) is 0 Å². The van der Waals surface area contributed by atoms with E-state index < -0.39 is 0 Å². The Kier molecular flexibility index (Phi) is 5.44. The molecule has 1 N–H and O–H groups in total. The van der Waals surface area contributed by atoms with Gasteiger partial charge in [-0.2, -0.15) is 11.8 Å². The number of rotatable bonds is 6. The molecule has 3 heteroatoms. The van der Waals surface area contributed by atoms with Gasteiger partial charge < -0.3 is 10.1 Å². The van der Waals surface area contributed by atoms with E-state index in [0.717, 1.165) is 6.54 Å². The third-order valence-electron chi connectivity index (χ3n) is 3.77. The molecule has 2 atom stereocenters. The van der Waals surface area contributed by atoms with Crippen molar-refractivity contribution in [3.05, 3.63) is 0 Å². The van der Waals surface area contributed by atoms with E-state index in [1.54, 1.807) is 7.11 Å². The first-order chi connectivity index (χ1) is 7.13. The molecule has 0 aliphatic heterocycles. The molecule has 2 unspecified atom stereocenters. The molecular weight excluding hydrogens is 206 g/mol. The molecule has 0 aromatic carbocycles. The number of hydrogen-bond acceptors (Lipinski definition) is 3. The first-order valence-electron chi connectivity index (χ1n) is 5.95. The zero-order valence-electron chi connectivity index (χ0n) is 10.5. The summed E-state index contributed by atoms with van der Waals surface area (Å²) in [6.45, 7) is 5.46. The van der Waals surface area contributed by atoms with Gasteiger partial charge in [0.15, 0.2) is 0 Å². The number of nitrogens with one attached hydrogen (secondary N) is 1. The summed E-state index contributed by atoms with van der Waals surface area (Å²) in [5.41, 5.74) is 0. The zero-order valence-corrected chi connectivity index (χ0v) is 11.3. The third-order valence-corrected chi connectivity index (χ3v) is 5.19. The van der Waals surface area contributed by atoms with Crippen LogP contribution in [-0.4, -0.2) is 36.8 Å². The maximum absolute atomic E-state index is 5.32. The fraction of sp³-hybridized carbons (Fsp3) is 1.00. The van der Waals surface area contributed by atoms with Crippen LogP contribution in [0.2, 0.25) is 0 Å². The smallest absolute Gasteiger partial charge is 0.0693 e. The van der Waals surface area contributed by atoms with Crippen LogP contribution in [0.15, 0.2) is 0 Å². The van der Waals surface area contributed by atoms with Crippen LogP contribution in [0.25, 0.3) is 0 Å². The molecule has 0 heterocycles. The molecule has 1 fully saturated rings. The highest BCUT2D eigenvalue weighted by molar-refractivity contribution is 8.00. The summed E-state index contributed by atoms with van der Waals surface area (Å²) in [4.78, 5) is 0. The van der Waals surface area contributed by atoms with Crippen LogP contribution in [0, 0.1) is 0 Å². The van der Waals surface area contributed by atoms with Crippen molar-refractivity contribution in [1.82, 2.24) is 5.32 Å². The van der Waals surface area contributed by atoms with Crippen molar-refractivity contribution in [2.45, 2.75) is 56.4 Å². The van der Waals surface area contributed by atoms with E-state index in [-0.39, 0.29) is 0 Å². The van der Waals surface area contributed by atoms with Gasteiger partial charge in [0.1, 0.15) is 0 Å². The average Bonchev–Trinajstić information content (AvgIpc) is 2.74. The maximum atomic E-state index is 5.32. The van der Waals surface area contributed by atoms with Gasteiger partial charge in [-0.3, -0.25) is 0 Å². The van der Waals surface area contributed by atoms with Gasteiger partial charge in [-0.15, -0.1) is 0 Å². The van der Waals surface area contributed by atoms with E-state index in [2.05, 4.69) is 25.4 Å². The highest BCUT2D eigenvalue weighted by Gasteiger charge is 2.33. The Morgan fingerprint density at radius 3 is 2.40 bits per heavy atom. The number of methoxy groups -OCH3 is 1. The SMILES string of the molecule is COC(C)C(C)NCC1(SC)CCCC1. The Hall–Kier alpha value is 0.270. The second-order valence-corrected chi connectivity index (χ2v) is 5.98. The standard InChI is InChI=1S/C12H25NOS/c1-10(11(2)14-3)13-9-12(15-4)7-5-6-8-12/h10-11,13H,5-9H2,1-4H3. The van der Waals surface area contributed by atoms with Crippen molar-refractivity contribution in [1.29, 1.82) is 0 Å². The minimum Gasteiger partial charge on any atom is -0.380 e. The van der Waals surface area contributed by atoms with Crippen molar-refractivity contribution in [3.8, 4) is 0 Å². The number of thioether (sulfide) groups is 1. The lowest BCUT2D eigenvalue weighted by Crippen LogP contribution is -2.44. The molecule has 0 bridgehead atoms. The first kappa shape index (κ1) is 13.3. The molecule has 1 rings (SSSR count). The lowest BCUT2D eigenvalue weighted by Gasteiger charge is -2.30. The van der Waals surface area contributed by atoms with Crippen molar-refractivity contribution in [2.24, 2.45) is 0 Å². The Morgan fingerprint density at radius 1 is 1.33 bits per heavy atom. The van der Waals surface area contributed by atoms with Crippen molar-refractivity contribution in [3.63, 3.8) is 0 Å². The van der Waals surface area contributed by atoms with E-state index in [0.29, 0.717) is 16.9 Å². The van der Waals surface area contributed by atoms with Gasteiger partial charge in [0.2, 0.25) is 0 Å². The van der Waals surface area contributed by atoms with E-state index in [9.17, 15) is 0 Å². The van der Waals surface area contributed by atoms with Gasteiger partial charge in [0.25, 0.3) is 0 Å². The highest BCUT2D eigenvalue weighted by atomic mass is 32.2. The van der Waals surface area contributed by atoms with Crippen LogP contribution < -0.4 is 5.32 Å². The molecule has 90 valence electrons. The summed E-state index contributed by atoms with van der Waals surface area (Å²) < 4.78 is 5.83. The maximum Gasteiger partial charge on any atom is 0.0693 e. The topological polar surface area (TPSA) is 21.3 Å². The summed E-state index contributed by atoms with van der Waals surface area (Å²) in [5, 5.41) is 3.62. The summed E-state index contributed by atoms with van der Waals surface area (Å²) in [7, 11) is 1.78. The molecule has 0 saturated heterocycles. The Balaban J connectivity index is 2.34. The molecule has 0 radical (unpaired) electrons. The van der Waals surface area contributed by atoms with Crippen molar-refractivity contribution >= 4 is 11.8 Å². The molecule has 0 aromatic rings. The molecule has 0 spiro atoms. The predicted octanol–water partition coefficient (Wildman–Crippen LogP) is 2.68. The lowest BCUT2D eigenvalue weighted by molar-refractivity contribution is 0.0879. The Morgan fingerprint density at radius 2 is 1.93 bits per heavy atom. The molecule has 0 amide bonds. The highest BCUT2D eigenvalue weighted by Crippen LogP contribution is 2.39. The van der Waals surface area contributed by atoms with Gasteiger partial charge in [-0.05, 0) is 32.9 Å². The van der Waals surface area contributed by atoms with Crippen LogP contribution >= 0.6 is 11.8 Å². The Labute approximate surface area is 98.5 Å². The van der Waals surface area contributed by atoms with E-state index in [1.807, 2.05) is 11.8 Å². The van der Waals surface area contributed by atoms with Gasteiger partial charge in [-0.1, -0.05) is 12.8 Å². The van der Waals surface area contributed by atoms with Crippen molar-refractivity contribution < 1.29 is 4.74 Å². The molecule has 1 aliphatic carbocycles. The second-order valence-electron chi connectivity index (χ2n) is 4.70. The molecular formula is C12H25NOS. The summed E-state index contributed by atoms with van der Waals surface area (Å²) in [6.07, 6.45) is 8.08. The van der Waals surface area contributed by atoms with Gasteiger partial charge in [0.05, 0.1) is 6.10 Å².